The lowest BCUT2D eigenvalue weighted by Crippen LogP contribution is -2.41. The largest absolute Gasteiger partial charge is 0.326 e. The molecule has 26 heavy (non-hydrogen) atoms. The van der Waals surface area contributed by atoms with Crippen molar-refractivity contribution in [1.29, 1.82) is 0 Å². The van der Waals surface area contributed by atoms with Gasteiger partial charge in [-0.05, 0) is 56.7 Å². The van der Waals surface area contributed by atoms with E-state index in [0.717, 1.165) is 5.56 Å². The van der Waals surface area contributed by atoms with Gasteiger partial charge in [-0.1, -0.05) is 18.2 Å². The van der Waals surface area contributed by atoms with Gasteiger partial charge in [0, 0.05) is 24.0 Å². The third-order valence-corrected chi connectivity index (χ3v) is 3.85. The summed E-state index contributed by atoms with van der Waals surface area (Å²) in [6.45, 7) is 6.45. The summed E-state index contributed by atoms with van der Waals surface area (Å²) in [5, 5.41) is 8.14. The molecular weight excluding hydrogens is 330 g/mol. The van der Waals surface area contributed by atoms with E-state index in [0.29, 0.717) is 17.1 Å². The molecule has 3 amide bonds. The van der Waals surface area contributed by atoms with E-state index in [2.05, 4.69) is 16.0 Å². The van der Waals surface area contributed by atoms with Gasteiger partial charge in [0.05, 0.1) is 0 Å². The molecule has 0 atom stereocenters. The lowest BCUT2D eigenvalue weighted by molar-refractivity contribution is -0.135. The van der Waals surface area contributed by atoms with E-state index in [1.165, 1.54) is 6.92 Å². The van der Waals surface area contributed by atoms with Crippen molar-refractivity contribution in [2.75, 3.05) is 16.0 Å². The molecule has 0 unspecified atom stereocenters. The smallest absolute Gasteiger partial charge is 0.239 e. The predicted molar refractivity (Wildman–Crippen MR) is 103 cm³/mol. The Bertz CT molecular complexity index is 844. The average Bonchev–Trinajstić information content (AvgIpc) is 2.54. The zero-order valence-electron chi connectivity index (χ0n) is 15.3. The molecule has 0 aliphatic heterocycles. The topological polar surface area (TPSA) is 87.3 Å². The van der Waals surface area contributed by atoms with Gasteiger partial charge in [0.2, 0.25) is 17.7 Å². The lowest BCUT2D eigenvalue weighted by Gasteiger charge is -2.23. The molecule has 2 aromatic carbocycles. The van der Waals surface area contributed by atoms with Gasteiger partial charge in [0.25, 0.3) is 0 Å². The standard InChI is InChI=1S/C20H23N3O3/c1-13-7-5-8-15(11-13)22-18(25)20(3,4)19(26)23-17-10-6-9-16(12-17)21-14(2)24/h5-12H,1-4H3,(H,21,24)(H,22,25)(H,23,26). The lowest BCUT2D eigenvalue weighted by atomic mass is 9.90. The highest BCUT2D eigenvalue weighted by molar-refractivity contribution is 6.14. The van der Waals surface area contributed by atoms with Crippen LogP contribution in [0.4, 0.5) is 17.1 Å². The zero-order chi connectivity index (χ0) is 19.3. The number of rotatable bonds is 5. The fourth-order valence-electron chi connectivity index (χ4n) is 2.28. The quantitative estimate of drug-likeness (QED) is 0.718. The number of hydrogen-bond donors (Lipinski definition) is 3. The number of aryl methyl sites for hydroxylation is 1. The first-order valence-electron chi connectivity index (χ1n) is 8.26. The Morgan fingerprint density at radius 2 is 1.23 bits per heavy atom. The number of carbonyl (C=O) groups excluding carboxylic acids is 3. The average molecular weight is 353 g/mol. The monoisotopic (exact) mass is 353 g/mol. The molecule has 0 saturated carbocycles. The molecule has 0 fully saturated rings. The highest BCUT2D eigenvalue weighted by Crippen LogP contribution is 2.23. The van der Waals surface area contributed by atoms with E-state index >= 15 is 0 Å². The summed E-state index contributed by atoms with van der Waals surface area (Å²) in [5.41, 5.74) is 1.44. The first kappa shape index (κ1) is 19.2. The van der Waals surface area contributed by atoms with Gasteiger partial charge in [-0.15, -0.1) is 0 Å². The van der Waals surface area contributed by atoms with Crippen LogP contribution in [0, 0.1) is 12.3 Å². The third-order valence-electron chi connectivity index (χ3n) is 3.85. The molecule has 0 radical (unpaired) electrons. The van der Waals surface area contributed by atoms with Crippen molar-refractivity contribution in [3.63, 3.8) is 0 Å². The molecule has 0 spiro atoms. The van der Waals surface area contributed by atoms with Crippen LogP contribution in [0.3, 0.4) is 0 Å². The second-order valence-corrected chi connectivity index (χ2v) is 6.66. The fraction of sp³-hybridized carbons (Fsp3) is 0.250. The van der Waals surface area contributed by atoms with Gasteiger partial charge in [-0.3, -0.25) is 14.4 Å². The maximum absolute atomic E-state index is 12.6. The second kappa shape index (κ2) is 7.82. The van der Waals surface area contributed by atoms with Crippen molar-refractivity contribution in [1.82, 2.24) is 0 Å². The van der Waals surface area contributed by atoms with Crippen LogP contribution < -0.4 is 16.0 Å². The molecule has 2 rings (SSSR count). The normalized spacial score (nSPS) is 10.8. The molecule has 0 aromatic heterocycles. The van der Waals surface area contributed by atoms with Gasteiger partial charge < -0.3 is 16.0 Å². The first-order chi connectivity index (χ1) is 12.2. The molecule has 6 heteroatoms. The minimum atomic E-state index is -1.28. The Kier molecular flexibility index (Phi) is 5.77. The Labute approximate surface area is 153 Å². The van der Waals surface area contributed by atoms with Crippen LogP contribution in [0.25, 0.3) is 0 Å². The van der Waals surface area contributed by atoms with Crippen LogP contribution in [0.1, 0.15) is 26.3 Å². The molecule has 6 nitrogen and oxygen atoms in total. The van der Waals surface area contributed by atoms with E-state index in [4.69, 9.17) is 0 Å². The number of anilines is 3. The summed E-state index contributed by atoms with van der Waals surface area (Å²) in [6.07, 6.45) is 0. The fourth-order valence-corrected chi connectivity index (χ4v) is 2.28. The van der Waals surface area contributed by atoms with Crippen molar-refractivity contribution >= 4 is 34.8 Å². The van der Waals surface area contributed by atoms with Crippen LogP contribution in [0.15, 0.2) is 48.5 Å². The first-order valence-corrected chi connectivity index (χ1v) is 8.26. The highest BCUT2D eigenvalue weighted by Gasteiger charge is 2.36. The third kappa shape index (κ3) is 4.92. The molecule has 136 valence electrons. The molecule has 0 aliphatic rings. The van der Waals surface area contributed by atoms with Gasteiger partial charge in [0.15, 0.2) is 0 Å². The zero-order valence-corrected chi connectivity index (χ0v) is 15.3. The van der Waals surface area contributed by atoms with Crippen LogP contribution in [-0.2, 0) is 14.4 Å². The highest BCUT2D eigenvalue weighted by atomic mass is 16.2. The molecule has 2 aromatic rings. The van der Waals surface area contributed by atoms with Gasteiger partial charge in [-0.2, -0.15) is 0 Å². The number of benzene rings is 2. The van der Waals surface area contributed by atoms with E-state index in [9.17, 15) is 14.4 Å². The Balaban J connectivity index is 2.09. The number of amides is 3. The summed E-state index contributed by atoms with van der Waals surface area (Å²) in [7, 11) is 0. The SMILES string of the molecule is CC(=O)Nc1cccc(NC(=O)C(C)(C)C(=O)Nc2cccc(C)c2)c1. The number of carbonyl (C=O) groups is 3. The van der Waals surface area contributed by atoms with Crippen molar-refractivity contribution in [3.8, 4) is 0 Å². The predicted octanol–water partition coefficient (Wildman–Crippen LogP) is 3.56. The van der Waals surface area contributed by atoms with Crippen LogP contribution in [0.2, 0.25) is 0 Å². The summed E-state index contributed by atoms with van der Waals surface area (Å²) in [4.78, 5) is 36.3. The van der Waals surface area contributed by atoms with Crippen LogP contribution in [0.5, 0.6) is 0 Å². The van der Waals surface area contributed by atoms with E-state index < -0.39 is 17.2 Å². The van der Waals surface area contributed by atoms with Crippen LogP contribution >= 0.6 is 0 Å². The Morgan fingerprint density at radius 3 is 1.73 bits per heavy atom. The minimum Gasteiger partial charge on any atom is -0.326 e. The minimum absolute atomic E-state index is 0.202. The van der Waals surface area contributed by atoms with Crippen molar-refractivity contribution in [3.05, 3.63) is 54.1 Å². The molecular formula is C20H23N3O3. The maximum atomic E-state index is 12.6. The van der Waals surface area contributed by atoms with Gasteiger partial charge in [0.1, 0.15) is 5.41 Å². The molecule has 3 N–H and O–H groups in total. The van der Waals surface area contributed by atoms with E-state index in [1.807, 2.05) is 25.1 Å². The van der Waals surface area contributed by atoms with Gasteiger partial charge in [-0.25, -0.2) is 0 Å². The Hall–Kier alpha value is -3.15. The maximum Gasteiger partial charge on any atom is 0.239 e. The van der Waals surface area contributed by atoms with E-state index in [-0.39, 0.29) is 5.91 Å². The summed E-state index contributed by atoms with van der Waals surface area (Å²) < 4.78 is 0. The van der Waals surface area contributed by atoms with Gasteiger partial charge >= 0.3 is 0 Å². The van der Waals surface area contributed by atoms with E-state index in [1.54, 1.807) is 44.2 Å². The molecule has 0 saturated heterocycles. The molecule has 0 aliphatic carbocycles. The second-order valence-electron chi connectivity index (χ2n) is 6.66. The molecule has 0 bridgehead atoms. The molecule has 0 heterocycles. The summed E-state index contributed by atoms with van der Waals surface area (Å²) in [6, 6.07) is 14.1. The number of nitrogens with one attached hydrogen (secondary N) is 3. The summed E-state index contributed by atoms with van der Waals surface area (Å²) >= 11 is 0. The van der Waals surface area contributed by atoms with Crippen molar-refractivity contribution in [2.24, 2.45) is 5.41 Å². The number of hydrogen-bond acceptors (Lipinski definition) is 3. The summed E-state index contributed by atoms with van der Waals surface area (Å²) in [5.74, 6) is -1.05. The Morgan fingerprint density at radius 1 is 0.769 bits per heavy atom. The van der Waals surface area contributed by atoms with Crippen LogP contribution in [-0.4, -0.2) is 17.7 Å². The van der Waals surface area contributed by atoms with Crippen molar-refractivity contribution < 1.29 is 14.4 Å². The van der Waals surface area contributed by atoms with Crippen molar-refractivity contribution in [2.45, 2.75) is 27.7 Å².